The Hall–Kier alpha value is -2.37. The SMILES string of the molecule is CC(=O)Oc1cccc(C(=O)N2CCN(C(=O)CC(C)C)CC2)c1. The van der Waals surface area contributed by atoms with Crippen LogP contribution in [-0.2, 0) is 9.59 Å². The van der Waals surface area contributed by atoms with E-state index in [1.54, 1.807) is 29.2 Å². The molecule has 2 amide bonds. The predicted octanol–water partition coefficient (Wildman–Crippen LogP) is 1.94. The van der Waals surface area contributed by atoms with Crippen molar-refractivity contribution in [3.05, 3.63) is 29.8 Å². The molecule has 0 saturated carbocycles. The molecule has 0 N–H and O–H groups in total. The first-order valence-electron chi connectivity index (χ1n) is 8.22. The molecule has 1 fully saturated rings. The van der Waals surface area contributed by atoms with Gasteiger partial charge < -0.3 is 14.5 Å². The monoisotopic (exact) mass is 332 g/mol. The molecule has 2 rings (SSSR count). The van der Waals surface area contributed by atoms with Crippen LogP contribution in [0.15, 0.2) is 24.3 Å². The topological polar surface area (TPSA) is 66.9 Å². The summed E-state index contributed by atoms with van der Waals surface area (Å²) >= 11 is 0. The first kappa shape index (κ1) is 18.0. The standard InChI is InChI=1S/C18H24N2O4/c1-13(2)11-17(22)19-7-9-20(10-8-19)18(23)15-5-4-6-16(12-15)24-14(3)21/h4-6,12-13H,7-11H2,1-3H3. The zero-order valence-electron chi connectivity index (χ0n) is 14.4. The maximum absolute atomic E-state index is 12.6. The number of hydrogen-bond donors (Lipinski definition) is 0. The summed E-state index contributed by atoms with van der Waals surface area (Å²) in [4.78, 5) is 39.2. The van der Waals surface area contributed by atoms with Gasteiger partial charge in [0.15, 0.2) is 0 Å². The van der Waals surface area contributed by atoms with Crippen molar-refractivity contribution >= 4 is 17.8 Å². The van der Waals surface area contributed by atoms with Crippen molar-refractivity contribution < 1.29 is 19.1 Å². The van der Waals surface area contributed by atoms with Gasteiger partial charge in [-0.3, -0.25) is 14.4 Å². The van der Waals surface area contributed by atoms with Crippen molar-refractivity contribution in [2.24, 2.45) is 5.92 Å². The molecule has 6 heteroatoms. The van der Waals surface area contributed by atoms with Crippen molar-refractivity contribution in [1.29, 1.82) is 0 Å². The van der Waals surface area contributed by atoms with Crippen LogP contribution in [0.2, 0.25) is 0 Å². The molecule has 24 heavy (non-hydrogen) atoms. The van der Waals surface area contributed by atoms with Crippen LogP contribution in [0.5, 0.6) is 5.75 Å². The average molecular weight is 332 g/mol. The van der Waals surface area contributed by atoms with Gasteiger partial charge in [0.25, 0.3) is 5.91 Å². The fourth-order valence-electron chi connectivity index (χ4n) is 2.68. The molecule has 0 bridgehead atoms. The fraction of sp³-hybridized carbons (Fsp3) is 0.500. The van der Waals surface area contributed by atoms with E-state index in [4.69, 9.17) is 4.74 Å². The van der Waals surface area contributed by atoms with Gasteiger partial charge >= 0.3 is 5.97 Å². The Morgan fingerprint density at radius 3 is 2.29 bits per heavy atom. The number of nitrogens with zero attached hydrogens (tertiary/aromatic N) is 2. The summed E-state index contributed by atoms with van der Waals surface area (Å²) in [6.07, 6.45) is 0.540. The molecule has 0 spiro atoms. The summed E-state index contributed by atoms with van der Waals surface area (Å²) in [5, 5.41) is 0. The Bertz CT molecular complexity index is 619. The molecule has 0 aromatic heterocycles. The van der Waals surface area contributed by atoms with Crippen LogP contribution in [0.3, 0.4) is 0 Å². The van der Waals surface area contributed by atoms with Crippen LogP contribution < -0.4 is 4.74 Å². The molecular weight excluding hydrogens is 308 g/mol. The highest BCUT2D eigenvalue weighted by atomic mass is 16.5. The van der Waals surface area contributed by atoms with Gasteiger partial charge in [-0.15, -0.1) is 0 Å². The third-order valence-electron chi connectivity index (χ3n) is 3.85. The van der Waals surface area contributed by atoms with Gasteiger partial charge in [0.05, 0.1) is 0 Å². The summed E-state index contributed by atoms with van der Waals surface area (Å²) < 4.78 is 5.02. The van der Waals surface area contributed by atoms with E-state index in [0.717, 1.165) is 0 Å². The lowest BCUT2D eigenvalue weighted by atomic mass is 10.1. The Balaban J connectivity index is 1.95. The van der Waals surface area contributed by atoms with Gasteiger partial charge in [0, 0.05) is 45.1 Å². The summed E-state index contributed by atoms with van der Waals surface area (Å²) in [6.45, 7) is 7.51. The maximum Gasteiger partial charge on any atom is 0.308 e. The Labute approximate surface area is 142 Å². The third-order valence-corrected chi connectivity index (χ3v) is 3.85. The molecule has 1 saturated heterocycles. The smallest absolute Gasteiger partial charge is 0.308 e. The number of benzene rings is 1. The van der Waals surface area contributed by atoms with Crippen LogP contribution in [0.4, 0.5) is 0 Å². The first-order chi connectivity index (χ1) is 11.4. The number of carbonyl (C=O) groups is 3. The highest BCUT2D eigenvalue weighted by Crippen LogP contribution is 2.17. The first-order valence-corrected chi connectivity index (χ1v) is 8.22. The van der Waals surface area contributed by atoms with E-state index in [9.17, 15) is 14.4 Å². The normalized spacial score (nSPS) is 14.7. The molecule has 1 aromatic rings. The second-order valence-corrected chi connectivity index (χ2v) is 6.39. The number of piperazine rings is 1. The predicted molar refractivity (Wildman–Crippen MR) is 89.7 cm³/mol. The minimum atomic E-state index is -0.420. The van der Waals surface area contributed by atoms with E-state index in [-0.39, 0.29) is 11.8 Å². The van der Waals surface area contributed by atoms with Gasteiger partial charge in [-0.25, -0.2) is 0 Å². The number of rotatable bonds is 4. The van der Waals surface area contributed by atoms with Crippen LogP contribution in [0.1, 0.15) is 37.6 Å². The minimum absolute atomic E-state index is 0.111. The largest absolute Gasteiger partial charge is 0.427 e. The summed E-state index contributed by atoms with van der Waals surface area (Å²) in [7, 11) is 0. The van der Waals surface area contributed by atoms with Crippen molar-refractivity contribution in [1.82, 2.24) is 9.80 Å². The number of ether oxygens (including phenoxy) is 1. The second kappa shape index (κ2) is 7.95. The van der Waals surface area contributed by atoms with Crippen molar-refractivity contribution in [3.63, 3.8) is 0 Å². The molecule has 0 radical (unpaired) electrons. The molecule has 0 unspecified atom stereocenters. The molecule has 6 nitrogen and oxygen atoms in total. The Morgan fingerprint density at radius 1 is 1.08 bits per heavy atom. The molecule has 0 aliphatic carbocycles. The number of carbonyl (C=O) groups excluding carboxylic acids is 3. The summed E-state index contributed by atoms with van der Waals surface area (Å²) in [6, 6.07) is 6.60. The van der Waals surface area contributed by atoms with Crippen LogP contribution in [-0.4, -0.2) is 53.8 Å². The number of hydrogen-bond acceptors (Lipinski definition) is 4. The van der Waals surface area contributed by atoms with Crippen molar-refractivity contribution in [3.8, 4) is 5.75 Å². The van der Waals surface area contributed by atoms with Gasteiger partial charge in [-0.05, 0) is 24.1 Å². The Kier molecular flexibility index (Phi) is 5.95. The summed E-state index contributed by atoms with van der Waals surface area (Å²) in [5.41, 5.74) is 0.482. The summed E-state index contributed by atoms with van der Waals surface area (Å²) in [5.74, 6) is 0.311. The maximum atomic E-state index is 12.6. The van der Waals surface area contributed by atoms with E-state index in [1.807, 2.05) is 18.7 Å². The zero-order chi connectivity index (χ0) is 17.7. The quantitative estimate of drug-likeness (QED) is 0.624. The lowest BCUT2D eigenvalue weighted by Crippen LogP contribution is -2.50. The fourth-order valence-corrected chi connectivity index (χ4v) is 2.68. The van der Waals surface area contributed by atoms with Crippen LogP contribution >= 0.6 is 0 Å². The molecule has 1 aliphatic heterocycles. The highest BCUT2D eigenvalue weighted by molar-refractivity contribution is 5.95. The molecule has 130 valence electrons. The lowest BCUT2D eigenvalue weighted by Gasteiger charge is -2.35. The molecule has 1 aromatic carbocycles. The van der Waals surface area contributed by atoms with Crippen LogP contribution in [0.25, 0.3) is 0 Å². The van der Waals surface area contributed by atoms with E-state index in [2.05, 4.69) is 0 Å². The van der Waals surface area contributed by atoms with Crippen molar-refractivity contribution in [2.45, 2.75) is 27.2 Å². The molecule has 1 heterocycles. The Morgan fingerprint density at radius 2 is 1.71 bits per heavy atom. The lowest BCUT2D eigenvalue weighted by molar-refractivity contribution is -0.133. The van der Waals surface area contributed by atoms with E-state index in [0.29, 0.717) is 49.8 Å². The number of amides is 2. The zero-order valence-corrected chi connectivity index (χ0v) is 14.4. The average Bonchev–Trinajstić information content (AvgIpc) is 2.53. The number of esters is 1. The molecule has 1 aliphatic rings. The van der Waals surface area contributed by atoms with E-state index < -0.39 is 5.97 Å². The van der Waals surface area contributed by atoms with Crippen LogP contribution in [0, 0.1) is 5.92 Å². The van der Waals surface area contributed by atoms with Crippen molar-refractivity contribution in [2.75, 3.05) is 26.2 Å². The second-order valence-electron chi connectivity index (χ2n) is 6.39. The van der Waals surface area contributed by atoms with E-state index in [1.165, 1.54) is 6.92 Å². The minimum Gasteiger partial charge on any atom is -0.427 e. The third kappa shape index (κ3) is 4.81. The highest BCUT2D eigenvalue weighted by Gasteiger charge is 2.25. The molecule has 0 atom stereocenters. The van der Waals surface area contributed by atoms with Gasteiger partial charge in [-0.2, -0.15) is 0 Å². The van der Waals surface area contributed by atoms with Gasteiger partial charge in [0.1, 0.15) is 5.75 Å². The van der Waals surface area contributed by atoms with E-state index >= 15 is 0 Å². The molecular formula is C18H24N2O4. The van der Waals surface area contributed by atoms with Gasteiger partial charge in [-0.1, -0.05) is 19.9 Å². The van der Waals surface area contributed by atoms with Gasteiger partial charge in [0.2, 0.25) is 5.91 Å².